The molecule has 0 fully saturated rings. The lowest BCUT2D eigenvalue weighted by Crippen LogP contribution is -2.07. The predicted octanol–water partition coefficient (Wildman–Crippen LogP) is 1.79. The fourth-order valence-corrected chi connectivity index (χ4v) is 1.99. The number of aliphatic hydroxyl groups is 1. The Bertz CT molecular complexity index is 841. The molecule has 6 nitrogen and oxygen atoms in total. The number of aromatic amines is 1. The molecular weight excluding hydrogens is 270 g/mol. The van der Waals surface area contributed by atoms with Crippen molar-refractivity contribution in [2.75, 3.05) is 5.73 Å². The van der Waals surface area contributed by atoms with Crippen LogP contribution < -0.4 is 16.0 Å². The van der Waals surface area contributed by atoms with E-state index >= 15 is 0 Å². The van der Waals surface area contributed by atoms with Crippen molar-refractivity contribution in [3.8, 4) is 11.5 Å². The third kappa shape index (κ3) is 2.56. The standard InChI is InChI=1S/C15H13N3O3/c16-12-5-11-13(17-8-18-15(11)20)6-14(12)21-10-3-1-9(7-19)2-4-10/h1-6,8,19H,7,16H2,(H,17,18,20). The molecule has 4 N–H and O–H groups in total. The van der Waals surface area contributed by atoms with Gasteiger partial charge in [-0.1, -0.05) is 12.1 Å². The zero-order valence-corrected chi connectivity index (χ0v) is 11.0. The number of ether oxygens (including phenoxy) is 1. The predicted molar refractivity (Wildman–Crippen MR) is 79.2 cm³/mol. The molecule has 0 radical (unpaired) electrons. The fourth-order valence-electron chi connectivity index (χ4n) is 1.99. The number of aromatic nitrogens is 2. The molecule has 0 atom stereocenters. The smallest absolute Gasteiger partial charge is 0.258 e. The van der Waals surface area contributed by atoms with Gasteiger partial charge in [0.1, 0.15) is 5.75 Å². The molecule has 0 saturated heterocycles. The molecule has 0 spiro atoms. The highest BCUT2D eigenvalue weighted by Gasteiger charge is 2.08. The second kappa shape index (κ2) is 5.26. The highest BCUT2D eigenvalue weighted by Crippen LogP contribution is 2.30. The van der Waals surface area contributed by atoms with Crippen molar-refractivity contribution >= 4 is 16.6 Å². The minimum atomic E-state index is -0.245. The number of aliphatic hydroxyl groups excluding tert-OH is 1. The molecule has 1 aromatic heterocycles. The van der Waals surface area contributed by atoms with Gasteiger partial charge >= 0.3 is 0 Å². The number of fused-ring (bicyclic) bond motifs is 1. The average molecular weight is 283 g/mol. The summed E-state index contributed by atoms with van der Waals surface area (Å²) in [5.41, 5.74) is 7.33. The summed E-state index contributed by atoms with van der Waals surface area (Å²) in [4.78, 5) is 18.2. The van der Waals surface area contributed by atoms with E-state index in [-0.39, 0.29) is 12.2 Å². The number of anilines is 1. The SMILES string of the molecule is Nc1cc2c(=O)[nH]cnc2cc1Oc1ccc(CO)cc1. The lowest BCUT2D eigenvalue weighted by atomic mass is 10.2. The van der Waals surface area contributed by atoms with E-state index in [4.69, 9.17) is 15.6 Å². The maximum atomic E-state index is 11.7. The molecule has 0 aliphatic heterocycles. The number of nitrogens with zero attached hydrogens (tertiary/aromatic N) is 1. The van der Waals surface area contributed by atoms with Gasteiger partial charge < -0.3 is 20.6 Å². The summed E-state index contributed by atoms with van der Waals surface area (Å²) in [6.07, 6.45) is 1.33. The summed E-state index contributed by atoms with van der Waals surface area (Å²) < 4.78 is 5.70. The number of hydrogen-bond donors (Lipinski definition) is 3. The van der Waals surface area contributed by atoms with Crippen molar-refractivity contribution in [1.29, 1.82) is 0 Å². The Morgan fingerprint density at radius 1 is 1.24 bits per heavy atom. The van der Waals surface area contributed by atoms with Gasteiger partial charge in [0.25, 0.3) is 5.56 Å². The number of rotatable bonds is 3. The first kappa shape index (κ1) is 13.1. The Hall–Kier alpha value is -2.86. The van der Waals surface area contributed by atoms with Crippen LogP contribution in [0.3, 0.4) is 0 Å². The summed E-state index contributed by atoms with van der Waals surface area (Å²) in [5.74, 6) is 1.01. The van der Waals surface area contributed by atoms with E-state index in [0.717, 1.165) is 5.56 Å². The maximum Gasteiger partial charge on any atom is 0.258 e. The summed E-state index contributed by atoms with van der Waals surface area (Å²) >= 11 is 0. The minimum absolute atomic E-state index is 0.0227. The zero-order valence-electron chi connectivity index (χ0n) is 11.0. The lowest BCUT2D eigenvalue weighted by molar-refractivity contribution is 0.281. The van der Waals surface area contributed by atoms with Crippen LogP contribution in [0.25, 0.3) is 10.9 Å². The highest BCUT2D eigenvalue weighted by atomic mass is 16.5. The largest absolute Gasteiger partial charge is 0.455 e. The number of benzene rings is 2. The first-order valence-corrected chi connectivity index (χ1v) is 6.32. The molecule has 2 aromatic carbocycles. The van der Waals surface area contributed by atoms with Gasteiger partial charge in [0.05, 0.1) is 29.5 Å². The Morgan fingerprint density at radius 2 is 2.00 bits per heavy atom. The third-order valence-corrected chi connectivity index (χ3v) is 3.11. The number of nitrogens with one attached hydrogen (secondary N) is 1. The van der Waals surface area contributed by atoms with E-state index in [1.54, 1.807) is 36.4 Å². The van der Waals surface area contributed by atoms with Crippen LogP contribution in [0.4, 0.5) is 5.69 Å². The third-order valence-electron chi connectivity index (χ3n) is 3.11. The molecular formula is C15H13N3O3. The Balaban J connectivity index is 1.99. The number of H-pyrrole nitrogens is 1. The van der Waals surface area contributed by atoms with Crippen LogP contribution in [0.5, 0.6) is 11.5 Å². The van der Waals surface area contributed by atoms with Crippen LogP contribution in [-0.4, -0.2) is 15.1 Å². The summed E-state index contributed by atoms with van der Waals surface area (Å²) in [5, 5.41) is 9.42. The van der Waals surface area contributed by atoms with Gasteiger partial charge in [-0.15, -0.1) is 0 Å². The second-order valence-electron chi connectivity index (χ2n) is 4.54. The molecule has 106 valence electrons. The quantitative estimate of drug-likeness (QED) is 0.636. The first-order valence-electron chi connectivity index (χ1n) is 6.32. The van der Waals surface area contributed by atoms with Gasteiger partial charge in [0.2, 0.25) is 0 Å². The Kier molecular flexibility index (Phi) is 3.29. The van der Waals surface area contributed by atoms with E-state index in [9.17, 15) is 4.79 Å². The molecule has 0 saturated carbocycles. The number of nitrogens with two attached hydrogens (primary N) is 1. The summed E-state index contributed by atoms with van der Waals surface area (Å²) in [7, 11) is 0. The summed E-state index contributed by atoms with van der Waals surface area (Å²) in [6.45, 7) is -0.0227. The molecule has 0 amide bonds. The number of hydrogen-bond acceptors (Lipinski definition) is 5. The second-order valence-corrected chi connectivity index (χ2v) is 4.54. The van der Waals surface area contributed by atoms with Crippen molar-refractivity contribution < 1.29 is 9.84 Å². The highest BCUT2D eigenvalue weighted by molar-refractivity contribution is 5.84. The van der Waals surface area contributed by atoms with E-state index in [1.807, 2.05) is 0 Å². The van der Waals surface area contributed by atoms with Gasteiger partial charge in [0, 0.05) is 6.07 Å². The van der Waals surface area contributed by atoms with Crippen LogP contribution in [0.15, 0.2) is 47.5 Å². The van der Waals surface area contributed by atoms with Crippen LogP contribution in [0, 0.1) is 0 Å². The maximum absolute atomic E-state index is 11.7. The van der Waals surface area contributed by atoms with Crippen LogP contribution in [0.1, 0.15) is 5.56 Å². The van der Waals surface area contributed by atoms with Gasteiger partial charge in [-0.2, -0.15) is 0 Å². The monoisotopic (exact) mass is 283 g/mol. The fraction of sp³-hybridized carbons (Fsp3) is 0.0667. The topological polar surface area (TPSA) is 101 Å². The summed E-state index contributed by atoms with van der Waals surface area (Å²) in [6, 6.07) is 10.2. The molecule has 1 heterocycles. The number of nitrogen functional groups attached to an aromatic ring is 1. The molecule has 0 bridgehead atoms. The van der Waals surface area contributed by atoms with Gasteiger partial charge in [0.15, 0.2) is 5.75 Å². The van der Waals surface area contributed by atoms with E-state index in [2.05, 4.69) is 9.97 Å². The average Bonchev–Trinajstić information content (AvgIpc) is 2.50. The van der Waals surface area contributed by atoms with Crippen molar-refractivity contribution in [2.45, 2.75) is 6.61 Å². The van der Waals surface area contributed by atoms with Crippen molar-refractivity contribution in [1.82, 2.24) is 9.97 Å². The van der Waals surface area contributed by atoms with Crippen LogP contribution in [0.2, 0.25) is 0 Å². The van der Waals surface area contributed by atoms with Crippen LogP contribution >= 0.6 is 0 Å². The molecule has 3 aromatic rings. The van der Waals surface area contributed by atoms with Gasteiger partial charge in [-0.25, -0.2) is 4.98 Å². The first-order chi connectivity index (χ1) is 10.2. The molecule has 0 aliphatic rings. The Morgan fingerprint density at radius 3 is 2.71 bits per heavy atom. The molecule has 6 heteroatoms. The Labute approximate surface area is 119 Å². The van der Waals surface area contributed by atoms with Crippen LogP contribution in [-0.2, 0) is 6.61 Å². The molecule has 0 unspecified atom stereocenters. The lowest BCUT2D eigenvalue weighted by Gasteiger charge is -2.09. The van der Waals surface area contributed by atoms with Crippen molar-refractivity contribution in [3.63, 3.8) is 0 Å². The minimum Gasteiger partial charge on any atom is -0.455 e. The van der Waals surface area contributed by atoms with Gasteiger partial charge in [-0.05, 0) is 23.8 Å². The van der Waals surface area contributed by atoms with E-state index in [1.165, 1.54) is 6.33 Å². The molecule has 3 rings (SSSR count). The van der Waals surface area contributed by atoms with Crippen molar-refractivity contribution in [2.24, 2.45) is 0 Å². The van der Waals surface area contributed by atoms with E-state index in [0.29, 0.717) is 28.1 Å². The van der Waals surface area contributed by atoms with E-state index < -0.39 is 0 Å². The van der Waals surface area contributed by atoms with Crippen molar-refractivity contribution in [3.05, 3.63) is 58.6 Å². The molecule has 21 heavy (non-hydrogen) atoms. The molecule has 0 aliphatic carbocycles. The normalized spacial score (nSPS) is 10.7. The zero-order chi connectivity index (χ0) is 14.8. The van der Waals surface area contributed by atoms with Gasteiger partial charge in [-0.3, -0.25) is 4.79 Å².